The number of carbonyl (C=O) groups excluding carboxylic acids is 1. The Morgan fingerprint density at radius 1 is 1.24 bits per heavy atom. The van der Waals surface area contributed by atoms with Crippen LogP contribution in [-0.4, -0.2) is 16.7 Å². The van der Waals surface area contributed by atoms with E-state index in [4.69, 9.17) is 0 Å². The molecule has 2 N–H and O–H groups in total. The molecule has 0 spiro atoms. The number of hydrogen-bond donors (Lipinski definition) is 2. The van der Waals surface area contributed by atoms with Crippen molar-refractivity contribution in [2.75, 3.05) is 0 Å². The average molecular weight is 355 g/mol. The van der Waals surface area contributed by atoms with E-state index in [1.54, 1.807) is 12.1 Å². The summed E-state index contributed by atoms with van der Waals surface area (Å²) in [5.74, 6) is -0.436. The van der Waals surface area contributed by atoms with Gasteiger partial charge in [0.05, 0.1) is 5.56 Å². The van der Waals surface area contributed by atoms with Gasteiger partial charge in [0, 0.05) is 10.2 Å². The van der Waals surface area contributed by atoms with E-state index in [9.17, 15) is 9.90 Å². The molecule has 1 rings (SSSR count). The van der Waals surface area contributed by atoms with Crippen molar-refractivity contribution in [3.05, 3.63) is 28.2 Å². The second-order valence-electron chi connectivity index (χ2n) is 4.99. The molecule has 0 aliphatic heterocycles. The van der Waals surface area contributed by atoms with Crippen LogP contribution in [-0.2, 0) is 0 Å². The van der Waals surface area contributed by atoms with E-state index < -0.39 is 0 Å². The fraction of sp³-hybridized carbons (Fsp3) is 0.500. The van der Waals surface area contributed by atoms with Gasteiger partial charge in [0.2, 0.25) is 0 Å². The number of rotatable bonds is 8. The van der Waals surface area contributed by atoms with Crippen LogP contribution in [0, 0.1) is 0 Å². The molecule has 5 heteroatoms. The summed E-state index contributed by atoms with van der Waals surface area (Å²) in [6.45, 7) is 4.27. The molecular weight excluding hydrogens is 332 g/mol. The summed E-state index contributed by atoms with van der Waals surface area (Å²) in [6.07, 6.45) is 6.15. The minimum absolute atomic E-state index is 0.0467. The lowest BCUT2D eigenvalue weighted by Gasteiger charge is -2.07. The highest BCUT2D eigenvalue weighted by molar-refractivity contribution is 9.10. The minimum atomic E-state index is -0.390. The van der Waals surface area contributed by atoms with Crippen LogP contribution in [0.5, 0.6) is 5.75 Å². The first-order valence-corrected chi connectivity index (χ1v) is 8.22. The Morgan fingerprint density at radius 2 is 1.86 bits per heavy atom. The third-order valence-electron chi connectivity index (χ3n) is 3.16. The van der Waals surface area contributed by atoms with Gasteiger partial charge in [-0.05, 0) is 43.9 Å². The van der Waals surface area contributed by atoms with Crippen LogP contribution >= 0.6 is 15.9 Å². The van der Waals surface area contributed by atoms with Crippen molar-refractivity contribution in [3.63, 3.8) is 0 Å². The number of aromatic hydroxyl groups is 1. The van der Waals surface area contributed by atoms with Crippen molar-refractivity contribution in [2.45, 2.75) is 52.4 Å². The maximum atomic E-state index is 12.1. The average Bonchev–Trinajstić information content (AvgIpc) is 2.48. The normalized spacial score (nSPS) is 10.2. The van der Waals surface area contributed by atoms with Gasteiger partial charge in [-0.3, -0.25) is 4.79 Å². The van der Waals surface area contributed by atoms with E-state index in [1.165, 1.54) is 6.07 Å². The van der Waals surface area contributed by atoms with Crippen LogP contribution in [0.15, 0.2) is 27.8 Å². The molecule has 0 heterocycles. The number of halogens is 1. The molecule has 1 amide bonds. The van der Waals surface area contributed by atoms with Crippen LogP contribution in [0.2, 0.25) is 0 Å². The van der Waals surface area contributed by atoms with Crippen molar-refractivity contribution < 1.29 is 9.90 Å². The Labute approximate surface area is 134 Å². The number of benzene rings is 1. The topological polar surface area (TPSA) is 61.7 Å². The van der Waals surface area contributed by atoms with Crippen LogP contribution in [0.25, 0.3) is 0 Å². The zero-order valence-electron chi connectivity index (χ0n) is 12.7. The molecule has 1 aromatic rings. The molecule has 4 nitrogen and oxygen atoms in total. The molecule has 21 heavy (non-hydrogen) atoms. The molecular formula is C16H23BrN2O2. The first-order chi connectivity index (χ1) is 10.1. The molecule has 1 aromatic carbocycles. The molecule has 0 bridgehead atoms. The maximum absolute atomic E-state index is 12.1. The number of hydrogen-bond acceptors (Lipinski definition) is 3. The van der Waals surface area contributed by atoms with Gasteiger partial charge in [0.25, 0.3) is 5.91 Å². The first-order valence-electron chi connectivity index (χ1n) is 7.42. The predicted octanol–water partition coefficient (Wildman–Crippen LogP) is 4.62. The largest absolute Gasteiger partial charge is 0.507 e. The molecule has 0 radical (unpaired) electrons. The standard InChI is InChI=1S/C16H23BrN2O2/c1-3-5-7-13(8-6-4-2)18-19-16(21)14-11-12(17)9-10-15(14)20/h9-11,20H,3-8H2,1-2H3,(H,19,21). The summed E-state index contributed by atoms with van der Waals surface area (Å²) >= 11 is 3.29. The first kappa shape index (κ1) is 17.7. The number of nitrogens with one attached hydrogen (secondary N) is 1. The number of amides is 1. The highest BCUT2D eigenvalue weighted by Crippen LogP contribution is 2.21. The molecule has 0 fully saturated rings. The van der Waals surface area contributed by atoms with Crippen LogP contribution < -0.4 is 5.43 Å². The zero-order valence-corrected chi connectivity index (χ0v) is 14.2. The van der Waals surface area contributed by atoms with E-state index in [0.717, 1.165) is 48.7 Å². The maximum Gasteiger partial charge on any atom is 0.275 e. The Morgan fingerprint density at radius 3 is 2.43 bits per heavy atom. The van der Waals surface area contributed by atoms with Gasteiger partial charge in [-0.15, -0.1) is 0 Å². The summed E-state index contributed by atoms with van der Waals surface area (Å²) in [5, 5.41) is 14.0. The Kier molecular flexibility index (Phi) is 8.05. The van der Waals surface area contributed by atoms with Crippen molar-refractivity contribution in [3.8, 4) is 5.75 Å². The molecule has 0 unspecified atom stereocenters. The molecule has 0 aliphatic carbocycles. The van der Waals surface area contributed by atoms with E-state index in [2.05, 4.69) is 40.3 Å². The van der Waals surface area contributed by atoms with Crippen molar-refractivity contribution >= 4 is 27.5 Å². The van der Waals surface area contributed by atoms with E-state index in [0.29, 0.717) is 0 Å². The SMILES string of the molecule is CCCCC(CCCC)=NNC(=O)c1cc(Br)ccc1O. The molecule has 0 aromatic heterocycles. The molecule has 0 aliphatic rings. The number of phenolic OH excluding ortho intramolecular Hbond substituents is 1. The smallest absolute Gasteiger partial charge is 0.275 e. The summed E-state index contributed by atoms with van der Waals surface area (Å²) in [7, 11) is 0. The lowest BCUT2D eigenvalue weighted by molar-refractivity contribution is 0.0952. The van der Waals surface area contributed by atoms with Crippen molar-refractivity contribution in [1.29, 1.82) is 0 Å². The predicted molar refractivity (Wildman–Crippen MR) is 89.8 cm³/mol. The van der Waals surface area contributed by atoms with E-state index >= 15 is 0 Å². The second kappa shape index (κ2) is 9.55. The third-order valence-corrected chi connectivity index (χ3v) is 3.65. The summed E-state index contributed by atoms with van der Waals surface area (Å²) in [4.78, 5) is 12.1. The van der Waals surface area contributed by atoms with Crippen molar-refractivity contribution in [1.82, 2.24) is 5.43 Å². The molecule has 0 saturated carbocycles. The van der Waals surface area contributed by atoms with E-state index in [1.807, 2.05) is 0 Å². The number of carbonyl (C=O) groups is 1. The number of phenols is 1. The Hall–Kier alpha value is -1.36. The number of unbranched alkanes of at least 4 members (excludes halogenated alkanes) is 2. The molecule has 0 saturated heterocycles. The van der Waals surface area contributed by atoms with Gasteiger partial charge in [-0.25, -0.2) is 5.43 Å². The summed E-state index contributed by atoms with van der Waals surface area (Å²) in [5.41, 5.74) is 3.79. The van der Waals surface area contributed by atoms with Crippen LogP contribution in [0.1, 0.15) is 62.7 Å². The van der Waals surface area contributed by atoms with Gasteiger partial charge in [0.15, 0.2) is 0 Å². The fourth-order valence-electron chi connectivity index (χ4n) is 1.88. The van der Waals surface area contributed by atoms with Gasteiger partial charge < -0.3 is 5.11 Å². The molecule has 116 valence electrons. The van der Waals surface area contributed by atoms with Gasteiger partial charge in [-0.1, -0.05) is 42.6 Å². The number of hydrazone groups is 1. The lowest BCUT2D eigenvalue weighted by atomic mass is 10.1. The van der Waals surface area contributed by atoms with Crippen LogP contribution in [0.3, 0.4) is 0 Å². The highest BCUT2D eigenvalue weighted by atomic mass is 79.9. The van der Waals surface area contributed by atoms with Crippen LogP contribution in [0.4, 0.5) is 0 Å². The second-order valence-corrected chi connectivity index (χ2v) is 5.90. The summed E-state index contributed by atoms with van der Waals surface area (Å²) < 4.78 is 0.742. The minimum Gasteiger partial charge on any atom is -0.507 e. The monoisotopic (exact) mass is 354 g/mol. The zero-order chi connectivity index (χ0) is 15.7. The molecule has 0 atom stereocenters. The number of nitrogens with zero attached hydrogens (tertiary/aromatic N) is 1. The summed E-state index contributed by atoms with van der Waals surface area (Å²) in [6, 6.07) is 4.75. The quantitative estimate of drug-likeness (QED) is 0.528. The fourth-order valence-corrected chi connectivity index (χ4v) is 2.24. The third kappa shape index (κ3) is 6.29. The van der Waals surface area contributed by atoms with E-state index in [-0.39, 0.29) is 17.2 Å². The van der Waals surface area contributed by atoms with Gasteiger partial charge in [0.1, 0.15) is 5.75 Å². The highest BCUT2D eigenvalue weighted by Gasteiger charge is 2.11. The van der Waals surface area contributed by atoms with Gasteiger partial charge >= 0.3 is 0 Å². The Balaban J connectivity index is 2.73. The van der Waals surface area contributed by atoms with Gasteiger partial charge in [-0.2, -0.15) is 5.10 Å². The lowest BCUT2D eigenvalue weighted by Crippen LogP contribution is -2.20. The van der Waals surface area contributed by atoms with Crippen molar-refractivity contribution in [2.24, 2.45) is 5.10 Å². The Bertz CT molecular complexity index is 491.